The Labute approximate surface area is 437 Å². The van der Waals surface area contributed by atoms with E-state index in [4.69, 9.17) is 5.73 Å². The quantitative estimate of drug-likeness (QED) is 0.106. The van der Waals surface area contributed by atoms with Crippen LogP contribution in [0.15, 0.2) is 224 Å². The first kappa shape index (κ1) is 42.6. The summed E-state index contributed by atoms with van der Waals surface area (Å²) in [6.07, 6.45) is 3.32. The van der Waals surface area contributed by atoms with Crippen molar-refractivity contribution in [3.63, 3.8) is 0 Å². The van der Waals surface area contributed by atoms with Gasteiger partial charge in [0.25, 0.3) is 0 Å². The number of para-hydroxylation sites is 1. The van der Waals surface area contributed by atoms with Gasteiger partial charge in [0.15, 0.2) is 0 Å². The van der Waals surface area contributed by atoms with Gasteiger partial charge in [-0.3, -0.25) is 0 Å². The first-order valence-electron chi connectivity index (χ1n) is 26.7. The van der Waals surface area contributed by atoms with Crippen LogP contribution in [0.1, 0.15) is 54.1 Å². The molecule has 354 valence electrons. The van der Waals surface area contributed by atoms with Crippen LogP contribution in [0.5, 0.6) is 0 Å². The Hall–Kier alpha value is -8.86. The summed E-state index contributed by atoms with van der Waals surface area (Å²) < 4.78 is 2.81. The molecule has 4 heteroatoms. The van der Waals surface area contributed by atoms with Crippen LogP contribution in [0.3, 0.4) is 0 Å². The molecule has 0 saturated carbocycles. The van der Waals surface area contributed by atoms with Gasteiger partial charge in [-0.05, 0) is 173 Å². The zero-order valence-corrected chi connectivity index (χ0v) is 42.5. The molecule has 12 aromatic rings. The third-order valence-corrected chi connectivity index (χ3v) is 17.7. The van der Waals surface area contributed by atoms with Crippen molar-refractivity contribution < 1.29 is 0 Å². The number of nitrogens with zero attached hydrogens (tertiary/aromatic N) is 2. The van der Waals surface area contributed by atoms with Crippen LogP contribution < -0.4 is 21.6 Å². The predicted molar refractivity (Wildman–Crippen MR) is 319 cm³/mol. The summed E-state index contributed by atoms with van der Waals surface area (Å²) in [5, 5.41) is 10.3. The number of fused-ring (bicyclic) bond motifs is 6. The van der Waals surface area contributed by atoms with Crippen molar-refractivity contribution in [2.45, 2.75) is 45.6 Å². The van der Waals surface area contributed by atoms with Gasteiger partial charge >= 0.3 is 0 Å². The van der Waals surface area contributed by atoms with Crippen molar-refractivity contribution >= 4 is 94.4 Å². The molecule has 0 fully saturated rings. The number of aromatic nitrogens is 1. The maximum absolute atomic E-state index is 7.07. The van der Waals surface area contributed by atoms with Crippen LogP contribution in [0.4, 0.5) is 17.1 Å². The van der Waals surface area contributed by atoms with Gasteiger partial charge in [-0.1, -0.05) is 184 Å². The number of aryl methyl sites for hydroxylation is 2. The van der Waals surface area contributed by atoms with E-state index in [2.05, 4.69) is 249 Å². The topological polar surface area (TPSA) is 34.2 Å². The van der Waals surface area contributed by atoms with Crippen LogP contribution in [0.25, 0.3) is 93.1 Å². The minimum Gasteiger partial charge on any atom is -0.398 e. The highest BCUT2D eigenvalue weighted by Gasteiger charge is 2.49. The monoisotopic (exact) mass is 957 g/mol. The summed E-state index contributed by atoms with van der Waals surface area (Å²) in [6.45, 7) is 9.32. The number of nitrogens with two attached hydrogens (primary N) is 1. The van der Waals surface area contributed by atoms with E-state index >= 15 is 0 Å². The van der Waals surface area contributed by atoms with E-state index in [0.29, 0.717) is 0 Å². The molecule has 4 aliphatic rings. The SMILES string of the molecule is Cc1cc(C)cc(N2C3=C4B5c6cc(ccc62)C(C)(C)c2cccc6c(-c7ccccc7)c7cc8c9ccc(-c%10cccc%11ccccc%10%11)cc9n(c8c5c7c(-c5ccccc5)c26)C4CC(c2ccccc2N)=C3)c1. The number of benzene rings is 11. The molecule has 4 bridgehead atoms. The zero-order chi connectivity index (χ0) is 50.0. The van der Waals surface area contributed by atoms with Crippen molar-refractivity contribution in [2.75, 3.05) is 10.6 Å². The summed E-state index contributed by atoms with van der Waals surface area (Å²) in [5.74, 6) is 0. The highest BCUT2D eigenvalue weighted by Crippen LogP contribution is 2.56. The standard InChI is InChI=1S/C71H52BN3/c1-41-33-42(2)35-49(34-41)74-60-32-30-48-39-58(60)72-68-62(74)37-47(52-24-13-14-28-59(52)73)38-63(68)75-61-36-46(51-25-15-22-43-17-11-12-23-50(43)51)29-31-53(61)55-40-56-64(44-18-7-5-8-19-44)54-26-16-27-57(71(48,3)4)66(54)65(45-20-9-6-10-21-45)67(56)69(72)70(55)75/h5-37,39-40,63H,38,73H2,1-4H3. The molecular formula is C71H52BN3. The fourth-order valence-corrected chi connectivity index (χ4v) is 14.6. The molecule has 2 N–H and O–H groups in total. The molecule has 3 aliphatic heterocycles. The summed E-state index contributed by atoms with van der Waals surface area (Å²) in [4.78, 5) is 2.62. The second-order valence-electron chi connectivity index (χ2n) is 22.3. The average molecular weight is 958 g/mol. The highest BCUT2D eigenvalue weighted by atomic mass is 15.2. The second kappa shape index (κ2) is 15.3. The maximum Gasteiger partial charge on any atom is 0.248 e. The third kappa shape index (κ3) is 5.83. The van der Waals surface area contributed by atoms with E-state index in [9.17, 15) is 0 Å². The molecule has 75 heavy (non-hydrogen) atoms. The van der Waals surface area contributed by atoms with Gasteiger partial charge in [0.05, 0.1) is 11.6 Å². The van der Waals surface area contributed by atoms with E-state index < -0.39 is 0 Å². The number of hydrogen-bond donors (Lipinski definition) is 1. The van der Waals surface area contributed by atoms with E-state index in [1.807, 2.05) is 0 Å². The molecule has 0 radical (unpaired) electrons. The molecule has 1 aromatic heterocycles. The van der Waals surface area contributed by atoms with Crippen molar-refractivity contribution in [3.8, 4) is 33.4 Å². The maximum atomic E-state index is 7.07. The van der Waals surface area contributed by atoms with Gasteiger partial charge in [-0.15, -0.1) is 0 Å². The molecule has 1 unspecified atom stereocenters. The average Bonchev–Trinajstić information content (AvgIpc) is 4.03. The zero-order valence-electron chi connectivity index (χ0n) is 42.5. The molecule has 1 aliphatic carbocycles. The van der Waals surface area contributed by atoms with Gasteiger partial charge < -0.3 is 15.2 Å². The van der Waals surface area contributed by atoms with Gasteiger partial charge in [0.1, 0.15) is 0 Å². The van der Waals surface area contributed by atoms with Crippen molar-refractivity contribution in [2.24, 2.45) is 0 Å². The molecule has 0 amide bonds. The summed E-state index contributed by atoms with van der Waals surface area (Å²) >= 11 is 0. The van der Waals surface area contributed by atoms with Gasteiger partial charge in [-0.2, -0.15) is 0 Å². The predicted octanol–water partition coefficient (Wildman–Crippen LogP) is 16.7. The molecular weight excluding hydrogens is 906 g/mol. The fourth-order valence-electron chi connectivity index (χ4n) is 14.6. The van der Waals surface area contributed by atoms with Crippen molar-refractivity contribution in [3.05, 3.63) is 251 Å². The van der Waals surface area contributed by atoms with Gasteiger partial charge in [-0.25, -0.2) is 0 Å². The fraction of sp³-hybridized carbons (Fsp3) is 0.0986. The third-order valence-electron chi connectivity index (χ3n) is 17.7. The minimum absolute atomic E-state index is 0.0386. The van der Waals surface area contributed by atoms with Crippen LogP contribution in [-0.4, -0.2) is 11.3 Å². The van der Waals surface area contributed by atoms with Crippen molar-refractivity contribution in [1.29, 1.82) is 0 Å². The molecule has 11 aromatic carbocycles. The molecule has 4 heterocycles. The molecule has 3 nitrogen and oxygen atoms in total. The number of anilines is 3. The number of allylic oxidation sites excluding steroid dienone is 3. The minimum atomic E-state index is -0.369. The Morgan fingerprint density at radius 1 is 0.547 bits per heavy atom. The Morgan fingerprint density at radius 2 is 1.24 bits per heavy atom. The largest absolute Gasteiger partial charge is 0.398 e. The normalized spacial score (nSPS) is 15.9. The Balaban J connectivity index is 1.18. The van der Waals surface area contributed by atoms with Crippen LogP contribution in [0.2, 0.25) is 0 Å². The van der Waals surface area contributed by atoms with E-state index in [1.165, 1.54) is 149 Å². The van der Waals surface area contributed by atoms with Crippen LogP contribution in [0, 0.1) is 13.8 Å². The van der Waals surface area contributed by atoms with Gasteiger partial charge in [0, 0.05) is 50.0 Å². The van der Waals surface area contributed by atoms with Crippen molar-refractivity contribution in [1.82, 2.24) is 4.57 Å². The lowest BCUT2D eigenvalue weighted by Gasteiger charge is -2.47. The lowest BCUT2D eigenvalue weighted by atomic mass is 9.31. The Bertz CT molecular complexity index is 4550. The first-order valence-corrected chi connectivity index (χ1v) is 26.7. The number of hydrogen-bond acceptors (Lipinski definition) is 2. The van der Waals surface area contributed by atoms with E-state index in [1.54, 1.807) is 0 Å². The highest BCUT2D eigenvalue weighted by molar-refractivity contribution is 6.96. The lowest BCUT2D eigenvalue weighted by Crippen LogP contribution is -2.56. The first-order chi connectivity index (χ1) is 36.7. The molecule has 0 saturated heterocycles. The van der Waals surface area contributed by atoms with E-state index in [0.717, 1.165) is 17.7 Å². The van der Waals surface area contributed by atoms with E-state index in [-0.39, 0.29) is 18.2 Å². The van der Waals surface area contributed by atoms with Crippen LogP contribution >= 0.6 is 0 Å². The lowest BCUT2D eigenvalue weighted by molar-refractivity contribution is 0.631. The molecule has 1 atom stereocenters. The molecule has 16 rings (SSSR count). The number of nitrogen functional groups attached to an aromatic ring is 1. The second-order valence-corrected chi connectivity index (χ2v) is 22.3. The Kier molecular flexibility index (Phi) is 8.73. The number of rotatable bonds is 5. The molecule has 0 spiro atoms. The van der Waals surface area contributed by atoms with Gasteiger partial charge in [0.2, 0.25) is 6.71 Å². The Morgan fingerprint density at radius 3 is 2.04 bits per heavy atom. The smallest absolute Gasteiger partial charge is 0.248 e. The van der Waals surface area contributed by atoms with Crippen LogP contribution in [-0.2, 0) is 5.41 Å². The summed E-state index contributed by atoms with van der Waals surface area (Å²) in [6, 6.07) is 78.3. The summed E-state index contributed by atoms with van der Waals surface area (Å²) in [7, 11) is 0. The summed E-state index contributed by atoms with van der Waals surface area (Å²) in [5.41, 5.74) is 33.0.